The SMILES string of the molecule is CNC(=O)/C(=N/OC)c1cccc(C)c1CO/N=C(\C)C#Cc1ccccc1P. The van der Waals surface area contributed by atoms with Gasteiger partial charge >= 0.3 is 0 Å². The molecule has 1 unspecified atom stereocenters. The molecule has 2 aromatic rings. The Labute approximate surface area is 173 Å². The Balaban J connectivity index is 2.21. The molecule has 1 amide bonds. The Hall–Kier alpha value is -3.16. The third kappa shape index (κ3) is 6.17. The molecule has 7 heteroatoms. The molecule has 0 saturated carbocycles. The van der Waals surface area contributed by atoms with Gasteiger partial charge in [-0.2, -0.15) is 0 Å². The van der Waals surface area contributed by atoms with Crippen LogP contribution < -0.4 is 10.6 Å². The van der Waals surface area contributed by atoms with Crippen molar-refractivity contribution in [3.63, 3.8) is 0 Å². The van der Waals surface area contributed by atoms with Crippen LogP contribution in [0.1, 0.15) is 29.2 Å². The quantitative estimate of drug-likeness (QED) is 0.345. The Bertz CT molecular complexity index is 1000. The normalized spacial score (nSPS) is 11.3. The van der Waals surface area contributed by atoms with Gasteiger partial charge in [0.1, 0.15) is 19.4 Å². The fraction of sp³-hybridized carbons (Fsp3) is 0.227. The van der Waals surface area contributed by atoms with Crippen LogP contribution in [-0.4, -0.2) is 31.5 Å². The van der Waals surface area contributed by atoms with Crippen LogP contribution in [0.5, 0.6) is 0 Å². The van der Waals surface area contributed by atoms with Gasteiger partial charge in [0.25, 0.3) is 5.91 Å². The molecule has 0 radical (unpaired) electrons. The van der Waals surface area contributed by atoms with Crippen molar-refractivity contribution in [2.75, 3.05) is 14.2 Å². The summed E-state index contributed by atoms with van der Waals surface area (Å²) in [6.07, 6.45) is 0. The number of carbonyl (C=O) groups is 1. The van der Waals surface area contributed by atoms with Crippen molar-refractivity contribution >= 4 is 31.9 Å². The monoisotopic (exact) mass is 409 g/mol. The van der Waals surface area contributed by atoms with Crippen molar-refractivity contribution in [2.24, 2.45) is 10.3 Å². The zero-order valence-corrected chi connectivity index (χ0v) is 18.1. The largest absolute Gasteiger partial charge is 0.398 e. The standard InChI is InChI=1S/C22H24N3O3P/c1-15-8-7-10-18(21(25-27-4)22(26)23-3)19(15)14-28-24-16(2)12-13-17-9-5-6-11-20(17)29/h5-11H,14,29H2,1-4H3,(H,23,26)/b24-16+,25-21+. The summed E-state index contributed by atoms with van der Waals surface area (Å²) >= 11 is 0. The lowest BCUT2D eigenvalue weighted by molar-refractivity contribution is -0.114. The molecule has 0 saturated heterocycles. The van der Waals surface area contributed by atoms with E-state index in [2.05, 4.69) is 36.7 Å². The van der Waals surface area contributed by atoms with Crippen LogP contribution in [0.15, 0.2) is 52.8 Å². The van der Waals surface area contributed by atoms with Crippen molar-refractivity contribution in [1.29, 1.82) is 0 Å². The average Bonchev–Trinajstić information content (AvgIpc) is 2.72. The van der Waals surface area contributed by atoms with Crippen LogP contribution in [-0.2, 0) is 21.1 Å². The van der Waals surface area contributed by atoms with Crippen molar-refractivity contribution in [2.45, 2.75) is 20.5 Å². The minimum atomic E-state index is -0.347. The zero-order chi connectivity index (χ0) is 21.2. The second kappa shape index (κ2) is 11.0. The van der Waals surface area contributed by atoms with Crippen molar-refractivity contribution in [3.05, 3.63) is 64.7 Å². The molecule has 29 heavy (non-hydrogen) atoms. The van der Waals surface area contributed by atoms with Gasteiger partial charge in [0.2, 0.25) is 0 Å². The number of aryl methyl sites for hydroxylation is 1. The summed E-state index contributed by atoms with van der Waals surface area (Å²) in [5.74, 6) is 5.70. The van der Waals surface area contributed by atoms with Crippen LogP contribution in [0.3, 0.4) is 0 Å². The van der Waals surface area contributed by atoms with Gasteiger partial charge in [-0.05, 0) is 36.7 Å². The van der Waals surface area contributed by atoms with Crippen molar-refractivity contribution in [3.8, 4) is 11.8 Å². The summed E-state index contributed by atoms with van der Waals surface area (Å²) in [6, 6.07) is 13.4. The van der Waals surface area contributed by atoms with Gasteiger partial charge in [0.05, 0.1) is 0 Å². The lowest BCUT2D eigenvalue weighted by atomic mass is 9.98. The van der Waals surface area contributed by atoms with Gasteiger partial charge in [-0.1, -0.05) is 52.6 Å². The van der Waals surface area contributed by atoms with E-state index in [9.17, 15) is 4.79 Å². The van der Waals surface area contributed by atoms with Gasteiger partial charge in [0.15, 0.2) is 5.71 Å². The summed E-state index contributed by atoms with van der Waals surface area (Å²) in [6.45, 7) is 3.88. The third-order valence-corrected chi connectivity index (χ3v) is 4.54. The Morgan fingerprint density at radius 1 is 1.17 bits per heavy atom. The fourth-order valence-corrected chi connectivity index (χ4v) is 2.80. The van der Waals surface area contributed by atoms with Gasteiger partial charge in [-0.25, -0.2) is 0 Å². The van der Waals surface area contributed by atoms with Crippen molar-refractivity contribution in [1.82, 2.24) is 5.32 Å². The third-order valence-electron chi connectivity index (χ3n) is 4.04. The van der Waals surface area contributed by atoms with Crippen LogP contribution in [0, 0.1) is 18.8 Å². The number of likely N-dealkylation sites (N-methyl/N-ethyl adjacent to an activating group) is 1. The van der Waals surface area contributed by atoms with Gasteiger partial charge in [-0.15, -0.1) is 9.24 Å². The number of carbonyl (C=O) groups excluding carboxylic acids is 1. The molecule has 0 bridgehead atoms. The highest BCUT2D eigenvalue weighted by Gasteiger charge is 2.19. The number of hydrogen-bond acceptors (Lipinski definition) is 5. The minimum absolute atomic E-state index is 0.168. The van der Waals surface area contributed by atoms with Gasteiger partial charge in [-0.3, -0.25) is 4.79 Å². The van der Waals surface area contributed by atoms with E-state index in [-0.39, 0.29) is 18.2 Å². The summed E-state index contributed by atoms with van der Waals surface area (Å²) in [7, 11) is 5.59. The molecule has 0 heterocycles. The second-order valence-corrected chi connectivity index (χ2v) is 6.71. The molecule has 0 spiro atoms. The van der Waals surface area contributed by atoms with E-state index in [1.165, 1.54) is 7.11 Å². The summed E-state index contributed by atoms with van der Waals surface area (Å²) in [4.78, 5) is 22.5. The first-order valence-electron chi connectivity index (χ1n) is 8.93. The Morgan fingerprint density at radius 2 is 1.93 bits per heavy atom. The van der Waals surface area contributed by atoms with E-state index in [0.29, 0.717) is 11.3 Å². The van der Waals surface area contributed by atoms with Crippen molar-refractivity contribution < 1.29 is 14.5 Å². The lowest BCUT2D eigenvalue weighted by Gasteiger charge is -2.12. The number of amides is 1. The smallest absolute Gasteiger partial charge is 0.273 e. The van der Waals surface area contributed by atoms with Crippen LogP contribution >= 0.6 is 9.24 Å². The van der Waals surface area contributed by atoms with Gasteiger partial charge in [0, 0.05) is 23.7 Å². The van der Waals surface area contributed by atoms with E-state index in [0.717, 1.165) is 22.0 Å². The molecule has 0 fully saturated rings. The predicted molar refractivity (Wildman–Crippen MR) is 119 cm³/mol. The van der Waals surface area contributed by atoms with Gasteiger partial charge < -0.3 is 15.0 Å². The molecular weight excluding hydrogens is 385 g/mol. The highest BCUT2D eigenvalue weighted by Crippen LogP contribution is 2.17. The average molecular weight is 409 g/mol. The van der Waals surface area contributed by atoms with E-state index < -0.39 is 0 Å². The number of benzene rings is 2. The topological polar surface area (TPSA) is 72.3 Å². The molecule has 2 aromatic carbocycles. The highest BCUT2D eigenvalue weighted by atomic mass is 31.0. The molecule has 0 aliphatic heterocycles. The highest BCUT2D eigenvalue weighted by molar-refractivity contribution is 7.27. The fourth-order valence-electron chi connectivity index (χ4n) is 2.52. The number of hydrogen-bond donors (Lipinski definition) is 1. The van der Waals surface area contributed by atoms with Crippen LogP contribution in [0.4, 0.5) is 0 Å². The molecule has 1 atom stereocenters. The Morgan fingerprint density at radius 3 is 2.62 bits per heavy atom. The van der Waals surface area contributed by atoms with E-state index in [1.54, 1.807) is 20.0 Å². The first-order chi connectivity index (χ1) is 14.0. The molecule has 6 nitrogen and oxygen atoms in total. The lowest BCUT2D eigenvalue weighted by Crippen LogP contribution is -2.29. The first-order valence-corrected chi connectivity index (χ1v) is 9.50. The molecule has 0 aromatic heterocycles. The van der Waals surface area contributed by atoms with E-state index >= 15 is 0 Å². The number of nitrogens with zero attached hydrogens (tertiary/aromatic N) is 2. The molecular formula is C22H24N3O3P. The zero-order valence-electron chi connectivity index (χ0n) is 16.9. The maximum atomic E-state index is 12.2. The minimum Gasteiger partial charge on any atom is -0.398 e. The van der Waals surface area contributed by atoms with E-state index in [1.807, 2.05) is 43.3 Å². The molecule has 0 aliphatic carbocycles. The summed E-state index contributed by atoms with van der Waals surface area (Å²) < 4.78 is 0. The van der Waals surface area contributed by atoms with E-state index in [4.69, 9.17) is 9.68 Å². The first kappa shape index (κ1) is 22.1. The number of oxime groups is 2. The number of rotatable bonds is 6. The molecule has 1 N–H and O–H groups in total. The van der Waals surface area contributed by atoms with Crippen LogP contribution in [0.25, 0.3) is 0 Å². The summed E-state index contributed by atoms with van der Waals surface area (Å²) in [5.41, 5.74) is 4.01. The second-order valence-electron chi connectivity index (χ2n) is 6.09. The Kier molecular flexibility index (Phi) is 8.39. The molecule has 0 aliphatic rings. The summed E-state index contributed by atoms with van der Waals surface area (Å²) in [5, 5.41) is 11.5. The van der Waals surface area contributed by atoms with Crippen LogP contribution in [0.2, 0.25) is 0 Å². The maximum Gasteiger partial charge on any atom is 0.273 e. The maximum absolute atomic E-state index is 12.2. The predicted octanol–water partition coefficient (Wildman–Crippen LogP) is 2.54. The molecule has 2 rings (SSSR count). The number of nitrogens with one attached hydrogen (secondary N) is 1. The molecule has 150 valence electrons.